The second-order valence-electron chi connectivity index (χ2n) is 2.76. The average molecular weight is 237 g/mol. The molecular weight excluding hydrogens is 226 g/mol. The van der Waals surface area contributed by atoms with Crippen LogP contribution in [0.5, 0.6) is 0 Å². The van der Waals surface area contributed by atoms with Crippen molar-refractivity contribution in [3.05, 3.63) is 55.1 Å². The molecule has 0 amide bonds. The van der Waals surface area contributed by atoms with Crippen LogP contribution in [0.1, 0.15) is 0 Å². The first kappa shape index (κ1) is 12.3. The first-order valence-corrected chi connectivity index (χ1v) is 5.93. The van der Waals surface area contributed by atoms with Gasteiger partial charge in [0.05, 0.1) is 4.90 Å². The molecule has 0 fully saturated rings. The molecule has 0 saturated heterocycles. The molecule has 0 unspecified atom stereocenters. The number of hydrogen-bond donors (Lipinski definition) is 1. The van der Waals surface area contributed by atoms with Gasteiger partial charge in [0.25, 0.3) is 0 Å². The Hall–Kier alpha value is -1.79. The minimum absolute atomic E-state index is 0.148. The second-order valence-corrected chi connectivity index (χ2v) is 4.32. The van der Waals surface area contributed by atoms with Crippen LogP contribution in [0.25, 0.3) is 0 Å². The molecule has 16 heavy (non-hydrogen) atoms. The van der Waals surface area contributed by atoms with Gasteiger partial charge in [-0.2, -0.15) is 0 Å². The zero-order valence-corrected chi connectivity index (χ0v) is 9.21. The molecule has 2 aromatic rings. The molecule has 0 aliphatic carbocycles. The standard InChI is InChI=1S/C6H7NO2S.C4H4N2/c7-10(8,9)6-4-2-1-3-5-6;1-2-5-4-6-3-1/h1-5H,(H2,7,8,9);1-4H. The molecule has 0 aliphatic rings. The Labute approximate surface area is 94.0 Å². The molecule has 84 valence electrons. The number of aromatic nitrogens is 2. The first-order chi connectivity index (χ1) is 7.61. The Morgan fingerprint density at radius 3 is 1.75 bits per heavy atom. The maximum Gasteiger partial charge on any atom is 0.238 e. The molecule has 0 spiro atoms. The minimum Gasteiger partial charge on any atom is -0.245 e. The molecule has 6 heteroatoms. The predicted molar refractivity (Wildman–Crippen MR) is 59.8 cm³/mol. The minimum atomic E-state index is -3.50. The molecule has 0 bridgehead atoms. The maximum atomic E-state index is 10.6. The molecule has 5 nitrogen and oxygen atoms in total. The fourth-order valence-electron chi connectivity index (χ4n) is 0.864. The molecule has 1 aromatic carbocycles. The van der Waals surface area contributed by atoms with Gasteiger partial charge < -0.3 is 0 Å². The average Bonchev–Trinajstić information content (AvgIpc) is 2.32. The van der Waals surface area contributed by atoms with E-state index in [9.17, 15) is 8.42 Å². The summed E-state index contributed by atoms with van der Waals surface area (Å²) in [5.41, 5.74) is 0. The van der Waals surface area contributed by atoms with Crippen LogP contribution in [0, 0.1) is 0 Å². The van der Waals surface area contributed by atoms with E-state index in [1.165, 1.54) is 18.5 Å². The van der Waals surface area contributed by atoms with Crippen LogP contribution in [0.4, 0.5) is 0 Å². The van der Waals surface area contributed by atoms with Crippen LogP contribution in [-0.4, -0.2) is 18.4 Å². The highest BCUT2D eigenvalue weighted by Crippen LogP contribution is 2.02. The summed E-state index contributed by atoms with van der Waals surface area (Å²) in [7, 11) is -3.50. The van der Waals surface area contributed by atoms with Gasteiger partial charge in [-0.25, -0.2) is 23.5 Å². The Balaban J connectivity index is 0.000000181. The molecule has 0 atom stereocenters. The maximum absolute atomic E-state index is 10.6. The lowest BCUT2D eigenvalue weighted by Crippen LogP contribution is -2.11. The molecule has 0 saturated carbocycles. The van der Waals surface area contributed by atoms with Gasteiger partial charge in [-0.05, 0) is 18.2 Å². The first-order valence-electron chi connectivity index (χ1n) is 4.38. The second kappa shape index (κ2) is 5.94. The van der Waals surface area contributed by atoms with E-state index in [1.54, 1.807) is 36.7 Å². The number of sulfonamides is 1. The highest BCUT2D eigenvalue weighted by molar-refractivity contribution is 7.89. The third kappa shape index (κ3) is 4.63. The van der Waals surface area contributed by atoms with E-state index in [2.05, 4.69) is 9.97 Å². The number of nitrogens with zero attached hydrogens (tertiary/aromatic N) is 2. The Kier molecular flexibility index (Phi) is 4.56. The molecule has 2 N–H and O–H groups in total. The smallest absolute Gasteiger partial charge is 0.238 e. The van der Waals surface area contributed by atoms with Crippen LogP contribution < -0.4 is 5.14 Å². The Bertz CT molecular complexity index is 473. The lowest BCUT2D eigenvalue weighted by atomic mass is 10.4. The summed E-state index contributed by atoms with van der Waals surface area (Å²) in [5.74, 6) is 0. The van der Waals surface area contributed by atoms with Crippen LogP contribution >= 0.6 is 0 Å². The van der Waals surface area contributed by atoms with Gasteiger partial charge in [0.1, 0.15) is 6.33 Å². The lowest BCUT2D eigenvalue weighted by Gasteiger charge is -1.93. The highest BCUT2D eigenvalue weighted by atomic mass is 32.2. The summed E-state index contributed by atoms with van der Waals surface area (Å²) in [6.45, 7) is 0. The van der Waals surface area contributed by atoms with Crippen molar-refractivity contribution in [3.63, 3.8) is 0 Å². The van der Waals surface area contributed by atoms with Crippen molar-refractivity contribution in [1.29, 1.82) is 0 Å². The van der Waals surface area contributed by atoms with Crippen molar-refractivity contribution in [2.24, 2.45) is 5.14 Å². The van der Waals surface area contributed by atoms with Gasteiger partial charge in [-0.1, -0.05) is 18.2 Å². The normalized spacial score (nSPS) is 10.1. The fourth-order valence-corrected chi connectivity index (χ4v) is 1.40. The van der Waals surface area contributed by atoms with Crippen LogP contribution in [0.3, 0.4) is 0 Å². The molecule has 0 aliphatic heterocycles. The van der Waals surface area contributed by atoms with Gasteiger partial charge in [0.2, 0.25) is 10.0 Å². The summed E-state index contributed by atoms with van der Waals surface area (Å²) in [6, 6.07) is 9.67. The SMILES string of the molecule is NS(=O)(=O)c1ccccc1.c1cncnc1. The van der Waals surface area contributed by atoms with Gasteiger partial charge in [0, 0.05) is 12.4 Å². The van der Waals surface area contributed by atoms with Crippen LogP contribution in [0.2, 0.25) is 0 Å². The Morgan fingerprint density at radius 1 is 0.938 bits per heavy atom. The van der Waals surface area contributed by atoms with Crippen LogP contribution in [0.15, 0.2) is 60.0 Å². The summed E-state index contributed by atoms with van der Waals surface area (Å²) in [5, 5.41) is 4.83. The van der Waals surface area contributed by atoms with Crippen LogP contribution in [-0.2, 0) is 10.0 Å². The quantitative estimate of drug-likeness (QED) is 0.795. The van der Waals surface area contributed by atoms with E-state index >= 15 is 0 Å². The van der Waals surface area contributed by atoms with Crippen molar-refractivity contribution in [1.82, 2.24) is 9.97 Å². The third-order valence-corrected chi connectivity index (χ3v) is 2.48. The number of nitrogens with two attached hydrogens (primary N) is 1. The monoisotopic (exact) mass is 237 g/mol. The summed E-state index contributed by atoms with van der Waals surface area (Å²) in [4.78, 5) is 7.50. The van der Waals surface area contributed by atoms with E-state index in [1.807, 2.05) is 0 Å². The topological polar surface area (TPSA) is 85.9 Å². The van der Waals surface area contributed by atoms with Crippen molar-refractivity contribution in [2.45, 2.75) is 4.90 Å². The zero-order chi connectivity index (χ0) is 11.9. The molecule has 2 rings (SSSR count). The highest BCUT2D eigenvalue weighted by Gasteiger charge is 2.03. The van der Waals surface area contributed by atoms with Gasteiger partial charge in [-0.15, -0.1) is 0 Å². The van der Waals surface area contributed by atoms with E-state index in [-0.39, 0.29) is 4.90 Å². The van der Waals surface area contributed by atoms with Gasteiger partial charge in [-0.3, -0.25) is 0 Å². The molecule has 1 heterocycles. The number of rotatable bonds is 1. The summed E-state index contributed by atoms with van der Waals surface area (Å²) in [6.07, 6.45) is 4.88. The zero-order valence-electron chi connectivity index (χ0n) is 8.39. The summed E-state index contributed by atoms with van der Waals surface area (Å²) < 4.78 is 21.2. The van der Waals surface area contributed by atoms with E-state index in [0.717, 1.165) is 0 Å². The van der Waals surface area contributed by atoms with Gasteiger partial charge in [0.15, 0.2) is 0 Å². The summed E-state index contributed by atoms with van der Waals surface area (Å²) >= 11 is 0. The molecule has 1 aromatic heterocycles. The fraction of sp³-hybridized carbons (Fsp3) is 0. The molecular formula is C10H11N3O2S. The predicted octanol–water partition coefficient (Wildman–Crippen LogP) is 0.811. The van der Waals surface area contributed by atoms with E-state index < -0.39 is 10.0 Å². The van der Waals surface area contributed by atoms with E-state index in [0.29, 0.717) is 0 Å². The third-order valence-electron chi connectivity index (χ3n) is 1.55. The lowest BCUT2D eigenvalue weighted by molar-refractivity contribution is 0.598. The largest absolute Gasteiger partial charge is 0.245 e. The van der Waals surface area contributed by atoms with Gasteiger partial charge >= 0.3 is 0 Å². The van der Waals surface area contributed by atoms with Crippen molar-refractivity contribution < 1.29 is 8.42 Å². The molecule has 0 radical (unpaired) electrons. The van der Waals surface area contributed by atoms with Crippen molar-refractivity contribution in [3.8, 4) is 0 Å². The van der Waals surface area contributed by atoms with Crippen molar-refractivity contribution >= 4 is 10.0 Å². The number of benzene rings is 1. The van der Waals surface area contributed by atoms with E-state index in [4.69, 9.17) is 5.14 Å². The number of hydrogen-bond acceptors (Lipinski definition) is 4. The number of primary sulfonamides is 1. The Morgan fingerprint density at radius 2 is 1.50 bits per heavy atom. The van der Waals surface area contributed by atoms with Crippen molar-refractivity contribution in [2.75, 3.05) is 0 Å².